The number of amides is 1. The maximum absolute atomic E-state index is 12.5. The van der Waals surface area contributed by atoms with Gasteiger partial charge in [0.25, 0.3) is 5.91 Å². The van der Waals surface area contributed by atoms with E-state index in [-0.39, 0.29) is 11.4 Å². The topological polar surface area (TPSA) is 47.6 Å². The summed E-state index contributed by atoms with van der Waals surface area (Å²) in [5.74, 6) is 1.38. The summed E-state index contributed by atoms with van der Waals surface area (Å²) in [5.41, 5.74) is 3.43. The molecule has 0 fully saturated rings. The van der Waals surface area contributed by atoms with Gasteiger partial charge < -0.3 is 14.8 Å². The number of hydrogen-bond donors (Lipinski definition) is 1. The standard InChI is InChI=1S/C26H29NO3/c1-5-29-24-16-13-21(25(28)27-26(2,3)4)17-22(24)18-30-23-14-11-20(12-15-23)19-9-7-6-8-10-19/h6-17H,5,18H2,1-4H3,(H,27,28). The molecule has 4 heteroatoms. The number of ether oxygens (including phenoxy) is 2. The molecule has 0 atom stereocenters. The van der Waals surface area contributed by atoms with Crippen LogP contribution in [-0.4, -0.2) is 18.1 Å². The van der Waals surface area contributed by atoms with Crippen molar-refractivity contribution >= 4 is 5.91 Å². The highest BCUT2D eigenvalue weighted by atomic mass is 16.5. The molecule has 1 N–H and O–H groups in total. The van der Waals surface area contributed by atoms with Gasteiger partial charge in [0, 0.05) is 16.7 Å². The monoisotopic (exact) mass is 403 g/mol. The molecule has 0 aliphatic rings. The zero-order valence-electron chi connectivity index (χ0n) is 18.1. The van der Waals surface area contributed by atoms with E-state index in [0.29, 0.717) is 18.8 Å². The summed E-state index contributed by atoms with van der Waals surface area (Å²) in [6, 6.07) is 23.7. The van der Waals surface area contributed by atoms with Crippen molar-refractivity contribution in [2.45, 2.75) is 39.8 Å². The molecule has 156 valence electrons. The zero-order chi connectivity index (χ0) is 21.6. The van der Waals surface area contributed by atoms with Crippen LogP contribution in [0.1, 0.15) is 43.6 Å². The zero-order valence-corrected chi connectivity index (χ0v) is 18.1. The highest BCUT2D eigenvalue weighted by Gasteiger charge is 2.17. The normalized spacial score (nSPS) is 11.1. The molecule has 1 amide bonds. The minimum Gasteiger partial charge on any atom is -0.493 e. The summed E-state index contributed by atoms with van der Waals surface area (Å²) in [4.78, 5) is 12.5. The first-order valence-electron chi connectivity index (χ1n) is 10.2. The van der Waals surface area contributed by atoms with Crippen LogP contribution in [0, 0.1) is 0 Å². The maximum Gasteiger partial charge on any atom is 0.251 e. The summed E-state index contributed by atoms with van der Waals surface area (Å²) in [6.07, 6.45) is 0. The lowest BCUT2D eigenvalue weighted by molar-refractivity contribution is 0.0919. The van der Waals surface area contributed by atoms with Gasteiger partial charge in [-0.15, -0.1) is 0 Å². The van der Waals surface area contributed by atoms with Crippen LogP contribution in [0.4, 0.5) is 0 Å². The van der Waals surface area contributed by atoms with Gasteiger partial charge in [-0.2, -0.15) is 0 Å². The van der Waals surface area contributed by atoms with Crippen molar-refractivity contribution in [3.05, 3.63) is 83.9 Å². The van der Waals surface area contributed by atoms with Gasteiger partial charge in [0.1, 0.15) is 18.1 Å². The first-order chi connectivity index (χ1) is 14.4. The van der Waals surface area contributed by atoms with Gasteiger partial charge in [0.15, 0.2) is 0 Å². The molecule has 3 aromatic carbocycles. The molecule has 0 saturated heterocycles. The van der Waals surface area contributed by atoms with E-state index in [1.54, 1.807) is 6.07 Å². The molecular weight excluding hydrogens is 374 g/mol. The van der Waals surface area contributed by atoms with Crippen molar-refractivity contribution in [1.82, 2.24) is 5.32 Å². The van der Waals surface area contributed by atoms with Crippen LogP contribution in [0.15, 0.2) is 72.8 Å². The molecule has 3 aromatic rings. The fraction of sp³-hybridized carbons (Fsp3) is 0.269. The third-order valence-corrected chi connectivity index (χ3v) is 4.47. The predicted molar refractivity (Wildman–Crippen MR) is 121 cm³/mol. The Balaban J connectivity index is 1.74. The Morgan fingerprint density at radius 1 is 0.867 bits per heavy atom. The van der Waals surface area contributed by atoms with Crippen LogP contribution in [0.3, 0.4) is 0 Å². The van der Waals surface area contributed by atoms with E-state index < -0.39 is 0 Å². The molecule has 0 aliphatic carbocycles. The Bertz CT molecular complexity index is 973. The molecular formula is C26H29NO3. The van der Waals surface area contributed by atoms with Gasteiger partial charge in [-0.25, -0.2) is 0 Å². The molecule has 4 nitrogen and oxygen atoms in total. The van der Waals surface area contributed by atoms with Gasteiger partial charge in [0.05, 0.1) is 6.61 Å². The van der Waals surface area contributed by atoms with E-state index in [1.165, 1.54) is 5.56 Å². The lowest BCUT2D eigenvalue weighted by atomic mass is 10.1. The Labute approximate surface area is 178 Å². The third kappa shape index (κ3) is 5.86. The average molecular weight is 404 g/mol. The molecule has 0 spiro atoms. The number of carbonyl (C=O) groups excluding carboxylic acids is 1. The van der Waals surface area contributed by atoms with Crippen LogP contribution in [0.25, 0.3) is 11.1 Å². The molecule has 0 radical (unpaired) electrons. The Morgan fingerprint density at radius 2 is 1.53 bits per heavy atom. The van der Waals surface area contributed by atoms with Crippen LogP contribution in [0.2, 0.25) is 0 Å². The predicted octanol–water partition coefficient (Wildman–Crippen LogP) is 5.86. The van der Waals surface area contributed by atoms with Crippen LogP contribution in [0.5, 0.6) is 11.5 Å². The van der Waals surface area contributed by atoms with Crippen LogP contribution in [-0.2, 0) is 6.61 Å². The second-order valence-electron chi connectivity index (χ2n) is 8.14. The van der Waals surface area contributed by atoms with E-state index in [0.717, 1.165) is 22.6 Å². The summed E-state index contributed by atoms with van der Waals surface area (Å²) < 4.78 is 11.7. The van der Waals surface area contributed by atoms with Gasteiger partial charge in [-0.05, 0) is 69.2 Å². The van der Waals surface area contributed by atoms with E-state index in [4.69, 9.17) is 9.47 Å². The van der Waals surface area contributed by atoms with E-state index in [2.05, 4.69) is 17.4 Å². The van der Waals surface area contributed by atoms with Crippen LogP contribution < -0.4 is 14.8 Å². The molecule has 30 heavy (non-hydrogen) atoms. The Morgan fingerprint density at radius 3 is 2.17 bits per heavy atom. The second-order valence-corrected chi connectivity index (χ2v) is 8.14. The van der Waals surface area contributed by atoms with Gasteiger partial charge in [-0.1, -0.05) is 42.5 Å². The molecule has 0 unspecified atom stereocenters. The van der Waals surface area contributed by atoms with E-state index in [9.17, 15) is 4.79 Å². The summed E-state index contributed by atoms with van der Waals surface area (Å²) in [6.45, 7) is 8.68. The van der Waals surface area contributed by atoms with Gasteiger partial charge >= 0.3 is 0 Å². The molecule has 3 rings (SSSR count). The maximum atomic E-state index is 12.5. The number of benzene rings is 3. The van der Waals surface area contributed by atoms with E-state index >= 15 is 0 Å². The highest BCUT2D eigenvalue weighted by molar-refractivity contribution is 5.95. The number of carbonyl (C=O) groups is 1. The Kier molecular flexibility index (Phi) is 6.78. The van der Waals surface area contributed by atoms with Crippen molar-refractivity contribution in [3.63, 3.8) is 0 Å². The van der Waals surface area contributed by atoms with Gasteiger partial charge in [0.2, 0.25) is 0 Å². The fourth-order valence-corrected chi connectivity index (χ4v) is 3.08. The quantitative estimate of drug-likeness (QED) is 0.537. The van der Waals surface area contributed by atoms with Crippen molar-refractivity contribution in [1.29, 1.82) is 0 Å². The largest absolute Gasteiger partial charge is 0.493 e. The lowest BCUT2D eigenvalue weighted by Gasteiger charge is -2.21. The first kappa shape index (κ1) is 21.4. The summed E-state index contributed by atoms with van der Waals surface area (Å²) >= 11 is 0. The fourth-order valence-electron chi connectivity index (χ4n) is 3.08. The highest BCUT2D eigenvalue weighted by Crippen LogP contribution is 2.25. The SMILES string of the molecule is CCOc1ccc(C(=O)NC(C)(C)C)cc1COc1ccc(-c2ccccc2)cc1. The minimum atomic E-state index is -0.299. The van der Waals surface area contributed by atoms with Crippen molar-refractivity contribution in [2.75, 3.05) is 6.61 Å². The first-order valence-corrected chi connectivity index (χ1v) is 10.2. The summed E-state index contributed by atoms with van der Waals surface area (Å²) in [7, 11) is 0. The number of hydrogen-bond acceptors (Lipinski definition) is 3. The Hall–Kier alpha value is -3.27. The van der Waals surface area contributed by atoms with Gasteiger partial charge in [-0.3, -0.25) is 4.79 Å². The van der Waals surface area contributed by atoms with Crippen molar-refractivity contribution in [2.24, 2.45) is 0 Å². The third-order valence-electron chi connectivity index (χ3n) is 4.47. The van der Waals surface area contributed by atoms with Crippen molar-refractivity contribution < 1.29 is 14.3 Å². The molecule has 0 bridgehead atoms. The van der Waals surface area contributed by atoms with Crippen molar-refractivity contribution in [3.8, 4) is 22.6 Å². The smallest absolute Gasteiger partial charge is 0.251 e. The summed E-state index contributed by atoms with van der Waals surface area (Å²) in [5, 5.41) is 2.99. The minimum absolute atomic E-state index is 0.112. The number of nitrogens with one attached hydrogen (secondary N) is 1. The van der Waals surface area contributed by atoms with E-state index in [1.807, 2.05) is 82.3 Å². The lowest BCUT2D eigenvalue weighted by Crippen LogP contribution is -2.40. The average Bonchev–Trinajstić information content (AvgIpc) is 2.73. The number of rotatable bonds is 7. The molecule has 0 heterocycles. The molecule has 0 aliphatic heterocycles. The second kappa shape index (κ2) is 9.49. The van der Waals surface area contributed by atoms with Crippen LogP contribution >= 0.6 is 0 Å². The molecule has 0 saturated carbocycles. The molecule has 0 aromatic heterocycles.